The Morgan fingerprint density at radius 2 is 0.594 bits per heavy atom. The Labute approximate surface area is 425 Å². The molecular formula is C63H104O6. The van der Waals surface area contributed by atoms with Crippen LogP contribution in [0.3, 0.4) is 0 Å². The van der Waals surface area contributed by atoms with E-state index < -0.39 is 6.10 Å². The summed E-state index contributed by atoms with van der Waals surface area (Å²) in [6.07, 6.45) is 76.5. The standard InChI is InChI=1S/C63H104O6/c1-4-7-10-13-16-19-22-25-28-30-31-33-35-38-41-44-47-50-53-56-62(65)68-59-60(58-67-61(64)55-52-49-46-43-40-37-34-27-24-21-18-15-12-9-6-3)69-63(66)57-54-51-48-45-42-39-36-32-29-26-23-20-17-14-11-8-5-2/h7,10,16-17,19-20,25-29,31,33-34,38,41,47,50,60H,4-6,8-9,11-15,18,21-24,30,32,35-37,39-40,42-46,48-49,51-59H2,1-3H3/b10-7-,19-16-,20-17-,28-25-,29-26-,33-31-,34-27-,41-38-,50-47-. The van der Waals surface area contributed by atoms with Crippen LogP contribution in [0, 0.1) is 0 Å². The van der Waals surface area contributed by atoms with Crippen LogP contribution in [0.15, 0.2) is 109 Å². The first-order valence-corrected chi connectivity index (χ1v) is 28.4. The average Bonchev–Trinajstić information content (AvgIpc) is 3.35. The third-order valence-corrected chi connectivity index (χ3v) is 11.7. The van der Waals surface area contributed by atoms with Gasteiger partial charge in [-0.3, -0.25) is 14.4 Å². The molecular weight excluding hydrogens is 853 g/mol. The molecule has 0 aromatic carbocycles. The molecule has 0 amide bonds. The highest BCUT2D eigenvalue weighted by Gasteiger charge is 2.19. The molecule has 0 rings (SSSR count). The van der Waals surface area contributed by atoms with Gasteiger partial charge >= 0.3 is 17.9 Å². The summed E-state index contributed by atoms with van der Waals surface area (Å²) in [6.45, 7) is 6.42. The zero-order valence-corrected chi connectivity index (χ0v) is 44.8. The summed E-state index contributed by atoms with van der Waals surface area (Å²) in [6, 6.07) is 0. The number of ether oxygens (including phenoxy) is 3. The van der Waals surface area contributed by atoms with Crippen molar-refractivity contribution in [1.82, 2.24) is 0 Å². The maximum absolute atomic E-state index is 12.9. The van der Waals surface area contributed by atoms with Gasteiger partial charge < -0.3 is 14.2 Å². The molecule has 0 fully saturated rings. The molecule has 1 atom stereocenters. The summed E-state index contributed by atoms with van der Waals surface area (Å²) in [5.74, 6) is -1.01. The lowest BCUT2D eigenvalue weighted by atomic mass is 10.1. The number of rotatable bonds is 50. The zero-order valence-electron chi connectivity index (χ0n) is 44.8. The van der Waals surface area contributed by atoms with Crippen LogP contribution < -0.4 is 0 Å². The molecule has 0 saturated heterocycles. The van der Waals surface area contributed by atoms with Crippen LogP contribution in [0.25, 0.3) is 0 Å². The molecule has 0 heterocycles. The summed E-state index contributed by atoms with van der Waals surface area (Å²) in [4.78, 5) is 38.1. The first-order valence-electron chi connectivity index (χ1n) is 28.4. The monoisotopic (exact) mass is 957 g/mol. The van der Waals surface area contributed by atoms with E-state index in [0.717, 1.165) is 103 Å². The van der Waals surface area contributed by atoms with Gasteiger partial charge in [0.25, 0.3) is 0 Å². The topological polar surface area (TPSA) is 78.9 Å². The van der Waals surface area contributed by atoms with Gasteiger partial charge in [-0.15, -0.1) is 0 Å². The third-order valence-electron chi connectivity index (χ3n) is 11.7. The second-order valence-electron chi connectivity index (χ2n) is 18.5. The summed E-state index contributed by atoms with van der Waals surface area (Å²) < 4.78 is 16.8. The van der Waals surface area contributed by atoms with Gasteiger partial charge in [-0.25, -0.2) is 0 Å². The van der Waals surface area contributed by atoms with Crippen molar-refractivity contribution in [2.45, 2.75) is 258 Å². The van der Waals surface area contributed by atoms with E-state index in [-0.39, 0.29) is 37.5 Å². The number of esters is 3. The average molecular weight is 958 g/mol. The van der Waals surface area contributed by atoms with Crippen molar-refractivity contribution in [1.29, 1.82) is 0 Å². The number of allylic oxidation sites excluding steroid dienone is 18. The molecule has 0 aliphatic rings. The molecule has 0 aromatic heterocycles. The van der Waals surface area contributed by atoms with Crippen LogP contribution in [0.5, 0.6) is 0 Å². The highest BCUT2D eigenvalue weighted by atomic mass is 16.6. The molecule has 0 spiro atoms. The molecule has 0 saturated carbocycles. The van der Waals surface area contributed by atoms with Crippen LogP contribution in [0.2, 0.25) is 0 Å². The van der Waals surface area contributed by atoms with E-state index in [1.165, 1.54) is 103 Å². The Morgan fingerprint density at radius 1 is 0.304 bits per heavy atom. The molecule has 0 bridgehead atoms. The van der Waals surface area contributed by atoms with Crippen molar-refractivity contribution in [2.24, 2.45) is 0 Å². The lowest BCUT2D eigenvalue weighted by Crippen LogP contribution is -2.30. The Bertz CT molecular complexity index is 1420. The fourth-order valence-corrected chi connectivity index (χ4v) is 7.49. The second kappa shape index (κ2) is 56.7. The SMILES string of the molecule is CC/C=C\C/C=C\C/C=C\C/C=C\C/C=C\C/C=C\CCC(=O)OCC(COC(=O)CCCCCCC/C=C\CCCCCCCC)OC(=O)CCCCCCCCC/C=C\C/C=C\CCCCC. The van der Waals surface area contributed by atoms with Crippen LogP contribution in [-0.4, -0.2) is 37.2 Å². The number of unbranched alkanes of at least 4 members (excludes halogenated alkanes) is 21. The van der Waals surface area contributed by atoms with Crippen molar-refractivity contribution >= 4 is 17.9 Å². The third kappa shape index (κ3) is 54.9. The van der Waals surface area contributed by atoms with Crippen molar-refractivity contribution in [3.8, 4) is 0 Å². The van der Waals surface area contributed by atoms with Crippen LogP contribution >= 0.6 is 0 Å². The van der Waals surface area contributed by atoms with Crippen molar-refractivity contribution in [3.63, 3.8) is 0 Å². The van der Waals surface area contributed by atoms with Gasteiger partial charge in [0.15, 0.2) is 6.10 Å². The first kappa shape index (κ1) is 65.1. The van der Waals surface area contributed by atoms with E-state index in [9.17, 15) is 14.4 Å². The van der Waals surface area contributed by atoms with Crippen molar-refractivity contribution in [2.75, 3.05) is 13.2 Å². The summed E-state index contributed by atoms with van der Waals surface area (Å²) in [5, 5.41) is 0. The smallest absolute Gasteiger partial charge is 0.306 e. The number of hydrogen-bond acceptors (Lipinski definition) is 6. The van der Waals surface area contributed by atoms with E-state index in [2.05, 4.69) is 124 Å². The molecule has 1 unspecified atom stereocenters. The normalized spacial score (nSPS) is 12.9. The van der Waals surface area contributed by atoms with Gasteiger partial charge in [0.05, 0.1) is 0 Å². The highest BCUT2D eigenvalue weighted by Crippen LogP contribution is 2.14. The Morgan fingerprint density at radius 3 is 1.01 bits per heavy atom. The van der Waals surface area contributed by atoms with E-state index in [0.29, 0.717) is 19.3 Å². The number of carbonyl (C=O) groups excluding carboxylic acids is 3. The Balaban J connectivity index is 4.53. The maximum atomic E-state index is 12.9. The molecule has 0 radical (unpaired) electrons. The maximum Gasteiger partial charge on any atom is 0.306 e. The molecule has 392 valence electrons. The first-order chi connectivity index (χ1) is 34.0. The van der Waals surface area contributed by atoms with Crippen molar-refractivity contribution < 1.29 is 28.6 Å². The largest absolute Gasteiger partial charge is 0.462 e. The molecule has 69 heavy (non-hydrogen) atoms. The molecule has 6 nitrogen and oxygen atoms in total. The quantitative estimate of drug-likeness (QED) is 0.0262. The lowest BCUT2D eigenvalue weighted by molar-refractivity contribution is -0.166. The van der Waals surface area contributed by atoms with Gasteiger partial charge in [-0.2, -0.15) is 0 Å². The number of carbonyl (C=O) groups is 3. The number of hydrogen-bond donors (Lipinski definition) is 0. The Hall–Kier alpha value is -3.93. The highest BCUT2D eigenvalue weighted by molar-refractivity contribution is 5.71. The summed E-state index contributed by atoms with van der Waals surface area (Å²) >= 11 is 0. The van der Waals surface area contributed by atoms with E-state index >= 15 is 0 Å². The fraction of sp³-hybridized carbons (Fsp3) is 0.667. The summed E-state index contributed by atoms with van der Waals surface area (Å²) in [5.41, 5.74) is 0. The minimum Gasteiger partial charge on any atom is -0.462 e. The van der Waals surface area contributed by atoms with Crippen molar-refractivity contribution in [3.05, 3.63) is 109 Å². The molecule has 6 heteroatoms. The van der Waals surface area contributed by atoms with Crippen LogP contribution in [0.4, 0.5) is 0 Å². The zero-order chi connectivity index (χ0) is 50.0. The molecule has 0 aliphatic carbocycles. The van der Waals surface area contributed by atoms with E-state index in [4.69, 9.17) is 14.2 Å². The molecule has 0 N–H and O–H groups in total. The van der Waals surface area contributed by atoms with Gasteiger partial charge in [-0.05, 0) is 116 Å². The van der Waals surface area contributed by atoms with Gasteiger partial charge in [-0.1, -0.05) is 226 Å². The van der Waals surface area contributed by atoms with Gasteiger partial charge in [0, 0.05) is 19.3 Å². The Kier molecular flexibility index (Phi) is 53.4. The summed E-state index contributed by atoms with van der Waals surface area (Å²) in [7, 11) is 0. The van der Waals surface area contributed by atoms with Gasteiger partial charge in [0.1, 0.15) is 13.2 Å². The molecule has 0 aromatic rings. The lowest BCUT2D eigenvalue weighted by Gasteiger charge is -2.18. The van der Waals surface area contributed by atoms with E-state index in [1.807, 2.05) is 6.08 Å². The predicted molar refractivity (Wildman–Crippen MR) is 297 cm³/mol. The predicted octanol–water partition coefficient (Wildman–Crippen LogP) is 19.1. The fourth-order valence-electron chi connectivity index (χ4n) is 7.49. The minimum atomic E-state index is -0.818. The van der Waals surface area contributed by atoms with Crippen LogP contribution in [0.1, 0.15) is 252 Å². The molecule has 0 aliphatic heterocycles. The van der Waals surface area contributed by atoms with Crippen LogP contribution in [-0.2, 0) is 28.6 Å². The second-order valence-corrected chi connectivity index (χ2v) is 18.5. The minimum absolute atomic E-state index is 0.110. The van der Waals surface area contributed by atoms with Gasteiger partial charge in [0.2, 0.25) is 0 Å². The van der Waals surface area contributed by atoms with E-state index in [1.54, 1.807) is 0 Å².